The minimum Gasteiger partial charge on any atom is -0.375 e. The average Bonchev–Trinajstić information content (AvgIpc) is 2.75. The number of rotatable bonds is 6. The number of nitrogens with zero attached hydrogens (tertiary/aromatic N) is 2. The molecule has 6 heteroatoms. The molecule has 2 heterocycles. The number of amides is 1. The van der Waals surface area contributed by atoms with Gasteiger partial charge in [0.25, 0.3) is 0 Å². The maximum absolute atomic E-state index is 12.8. The predicted molar refractivity (Wildman–Crippen MR) is 113 cm³/mol. The predicted octanol–water partition coefficient (Wildman–Crippen LogP) is 3.46. The lowest BCUT2D eigenvalue weighted by Crippen LogP contribution is -2.34. The number of ether oxygens (including phenoxy) is 1. The van der Waals surface area contributed by atoms with E-state index in [0.717, 1.165) is 28.1 Å². The molecule has 1 amide bonds. The van der Waals surface area contributed by atoms with Crippen molar-refractivity contribution >= 4 is 38.9 Å². The standard InChI is InChI=1S/C23H21N3O3/c1-3-4-9-20(28)25-13-19(29-2)16-12-18(27)23-21-15(10-11-24-23)14-7-5-6-8-17(14)26-22(16)21/h4-12,19H,3,13H2,1-2H3,(H,25,28). The molecule has 0 saturated carbocycles. The van der Waals surface area contributed by atoms with Crippen LogP contribution in [0.1, 0.15) is 29.5 Å². The lowest BCUT2D eigenvalue weighted by atomic mass is 9.90. The molecule has 3 aromatic rings. The van der Waals surface area contributed by atoms with E-state index in [1.807, 2.05) is 37.3 Å². The fourth-order valence-electron chi connectivity index (χ4n) is 3.62. The number of carbonyl (C=O) groups is 2. The summed E-state index contributed by atoms with van der Waals surface area (Å²) in [5.74, 6) is -0.384. The molecule has 0 bridgehead atoms. The number of para-hydroxylation sites is 1. The molecule has 0 fully saturated rings. The minimum atomic E-state index is -0.511. The van der Waals surface area contributed by atoms with Crippen molar-refractivity contribution in [2.45, 2.75) is 19.4 Å². The van der Waals surface area contributed by atoms with Crippen LogP contribution in [-0.2, 0) is 9.53 Å². The molecule has 1 aliphatic carbocycles. The minimum absolute atomic E-state index is 0.186. The lowest BCUT2D eigenvalue weighted by Gasteiger charge is -2.24. The van der Waals surface area contributed by atoms with Gasteiger partial charge in [-0.15, -0.1) is 0 Å². The molecule has 0 saturated heterocycles. The zero-order valence-corrected chi connectivity index (χ0v) is 16.3. The van der Waals surface area contributed by atoms with Crippen molar-refractivity contribution < 1.29 is 14.3 Å². The quantitative estimate of drug-likeness (QED) is 0.517. The summed E-state index contributed by atoms with van der Waals surface area (Å²) in [4.78, 5) is 33.9. The smallest absolute Gasteiger partial charge is 0.243 e. The Morgan fingerprint density at radius 3 is 2.83 bits per heavy atom. The van der Waals surface area contributed by atoms with Gasteiger partial charge in [0.15, 0.2) is 0 Å². The Morgan fingerprint density at radius 2 is 2.03 bits per heavy atom. The van der Waals surface area contributed by atoms with E-state index in [0.29, 0.717) is 17.0 Å². The van der Waals surface area contributed by atoms with Crippen LogP contribution in [-0.4, -0.2) is 41.4 Å². The SMILES string of the molecule is CCC=CC(=O)NCC(OC)C1=CC(=O)c2nccc3c2c1nc1ccccc13. The Labute approximate surface area is 168 Å². The molecular formula is C23H21N3O3. The Morgan fingerprint density at radius 1 is 1.21 bits per heavy atom. The number of aromatic nitrogens is 2. The molecule has 4 rings (SSSR count). The second kappa shape index (κ2) is 7.93. The zero-order valence-electron chi connectivity index (χ0n) is 16.3. The van der Waals surface area contributed by atoms with Crippen molar-refractivity contribution in [3.63, 3.8) is 0 Å². The fourth-order valence-corrected chi connectivity index (χ4v) is 3.62. The van der Waals surface area contributed by atoms with Crippen LogP contribution in [0.15, 0.2) is 54.8 Å². The molecule has 1 atom stereocenters. The number of methoxy groups -OCH3 is 1. The van der Waals surface area contributed by atoms with Crippen molar-refractivity contribution in [1.82, 2.24) is 15.3 Å². The second-order valence-electron chi connectivity index (χ2n) is 6.80. The Hall–Kier alpha value is -3.38. The average molecular weight is 387 g/mol. The second-order valence-corrected chi connectivity index (χ2v) is 6.80. The first-order chi connectivity index (χ1) is 14.1. The molecule has 29 heavy (non-hydrogen) atoms. The normalized spacial score (nSPS) is 14.4. The van der Waals surface area contributed by atoms with Crippen LogP contribution in [0.25, 0.3) is 27.2 Å². The summed E-state index contributed by atoms with van der Waals surface area (Å²) >= 11 is 0. The van der Waals surface area contributed by atoms with Gasteiger partial charge in [0.05, 0.1) is 11.2 Å². The van der Waals surface area contributed by atoms with E-state index in [-0.39, 0.29) is 18.2 Å². The van der Waals surface area contributed by atoms with Gasteiger partial charge >= 0.3 is 0 Å². The van der Waals surface area contributed by atoms with Crippen molar-refractivity contribution in [3.05, 3.63) is 66.1 Å². The van der Waals surface area contributed by atoms with Gasteiger partial charge in [0.2, 0.25) is 11.7 Å². The lowest BCUT2D eigenvalue weighted by molar-refractivity contribution is -0.116. The van der Waals surface area contributed by atoms with E-state index < -0.39 is 6.10 Å². The van der Waals surface area contributed by atoms with Crippen molar-refractivity contribution in [1.29, 1.82) is 0 Å². The van der Waals surface area contributed by atoms with Crippen LogP contribution in [0.3, 0.4) is 0 Å². The first kappa shape index (κ1) is 19.0. The van der Waals surface area contributed by atoms with E-state index in [1.165, 1.54) is 12.2 Å². The highest BCUT2D eigenvalue weighted by Crippen LogP contribution is 2.36. The van der Waals surface area contributed by atoms with E-state index in [1.54, 1.807) is 19.4 Å². The van der Waals surface area contributed by atoms with Gasteiger partial charge in [-0.05, 0) is 36.1 Å². The topological polar surface area (TPSA) is 81.2 Å². The van der Waals surface area contributed by atoms with E-state index >= 15 is 0 Å². The van der Waals surface area contributed by atoms with Crippen LogP contribution >= 0.6 is 0 Å². The van der Waals surface area contributed by atoms with Gasteiger partial charge in [-0.3, -0.25) is 14.6 Å². The third-order valence-corrected chi connectivity index (χ3v) is 5.01. The van der Waals surface area contributed by atoms with Crippen LogP contribution in [0.2, 0.25) is 0 Å². The van der Waals surface area contributed by atoms with Gasteiger partial charge < -0.3 is 10.1 Å². The molecule has 1 aromatic carbocycles. The number of carbonyl (C=O) groups excluding carboxylic acids is 2. The molecule has 1 aliphatic rings. The number of nitrogens with one attached hydrogen (secondary N) is 1. The Kier molecular flexibility index (Phi) is 5.18. The third-order valence-electron chi connectivity index (χ3n) is 5.01. The molecule has 1 N–H and O–H groups in total. The summed E-state index contributed by atoms with van der Waals surface area (Å²) in [6.45, 7) is 2.19. The number of allylic oxidation sites excluding steroid dienone is 2. The Balaban J connectivity index is 1.81. The fraction of sp³-hybridized carbons (Fsp3) is 0.217. The van der Waals surface area contributed by atoms with E-state index in [2.05, 4.69) is 10.3 Å². The van der Waals surface area contributed by atoms with Gasteiger partial charge in [-0.25, -0.2) is 4.98 Å². The molecule has 1 unspecified atom stereocenters. The molecule has 2 aromatic heterocycles. The number of hydrogen-bond donors (Lipinski definition) is 1. The van der Waals surface area contributed by atoms with E-state index in [9.17, 15) is 9.59 Å². The molecule has 0 spiro atoms. The number of benzene rings is 1. The molecule has 146 valence electrons. The third kappa shape index (κ3) is 3.43. The molecular weight excluding hydrogens is 366 g/mol. The van der Waals surface area contributed by atoms with Gasteiger partial charge in [-0.1, -0.05) is 31.2 Å². The summed E-state index contributed by atoms with van der Waals surface area (Å²) in [6, 6.07) is 9.72. The van der Waals surface area contributed by atoms with Crippen LogP contribution in [0, 0.1) is 0 Å². The molecule has 0 radical (unpaired) electrons. The highest BCUT2D eigenvalue weighted by atomic mass is 16.5. The maximum Gasteiger partial charge on any atom is 0.243 e. The van der Waals surface area contributed by atoms with E-state index in [4.69, 9.17) is 9.72 Å². The summed E-state index contributed by atoms with van der Waals surface area (Å²) in [6.07, 6.45) is 6.73. The van der Waals surface area contributed by atoms with Crippen LogP contribution in [0.5, 0.6) is 0 Å². The first-order valence-electron chi connectivity index (χ1n) is 9.55. The number of pyridine rings is 2. The van der Waals surface area contributed by atoms with Gasteiger partial charge in [-0.2, -0.15) is 0 Å². The highest BCUT2D eigenvalue weighted by Gasteiger charge is 2.29. The van der Waals surface area contributed by atoms with Crippen molar-refractivity contribution in [2.24, 2.45) is 0 Å². The largest absolute Gasteiger partial charge is 0.375 e. The Bertz CT molecular complexity index is 1180. The van der Waals surface area contributed by atoms with Crippen molar-refractivity contribution in [3.8, 4) is 0 Å². The van der Waals surface area contributed by atoms with Gasteiger partial charge in [0.1, 0.15) is 11.8 Å². The summed E-state index contributed by atoms with van der Waals surface area (Å²) in [7, 11) is 1.56. The number of ketones is 1. The highest BCUT2D eigenvalue weighted by molar-refractivity contribution is 6.24. The first-order valence-corrected chi connectivity index (χ1v) is 9.55. The van der Waals surface area contributed by atoms with Crippen LogP contribution in [0.4, 0.5) is 0 Å². The summed E-state index contributed by atoms with van der Waals surface area (Å²) in [5, 5.41) is 5.46. The molecule has 6 nitrogen and oxygen atoms in total. The van der Waals surface area contributed by atoms with Gasteiger partial charge in [0, 0.05) is 36.2 Å². The number of hydrogen-bond acceptors (Lipinski definition) is 5. The zero-order chi connectivity index (χ0) is 20.4. The molecule has 0 aliphatic heterocycles. The van der Waals surface area contributed by atoms with Crippen molar-refractivity contribution in [2.75, 3.05) is 13.7 Å². The maximum atomic E-state index is 12.8. The number of fused-ring (bicyclic) bond motifs is 2. The summed E-state index contributed by atoms with van der Waals surface area (Å²) < 4.78 is 5.63. The summed E-state index contributed by atoms with van der Waals surface area (Å²) in [5.41, 5.74) is 2.54. The monoisotopic (exact) mass is 387 g/mol. The van der Waals surface area contributed by atoms with Crippen LogP contribution < -0.4 is 5.32 Å².